The fourth-order valence-electron chi connectivity index (χ4n) is 7.82. The lowest BCUT2D eigenvalue weighted by Gasteiger charge is -2.37. The van der Waals surface area contributed by atoms with E-state index in [1.165, 1.54) is 11.1 Å². The number of methoxy groups -OCH3 is 3. The molecule has 2 atom stereocenters. The topological polar surface area (TPSA) is 91.8 Å². The Balaban J connectivity index is 1.36. The molecule has 272 valence electrons. The number of hydrogen-bond acceptors (Lipinski definition) is 10. The standard InChI is InChI=1S/C43H43N3O7/c1-45-18-14-29-23-36(49-4)38-25-32(29)33(45)20-26-6-9-31(10-7-26)51-37-22-27(8-11-35(37)48-3)21-34-40-30(15-19-46(34)2)24-39(50-5)41(42(40)52-38)53-43(47)28-12-16-44-17-13-28/h6-13,16-17,22-25,33-34H,14-15,18-21H2,1-5H3. The molecule has 0 spiro atoms. The van der Waals surface area contributed by atoms with Gasteiger partial charge >= 0.3 is 5.97 Å². The van der Waals surface area contributed by atoms with Crippen molar-refractivity contribution >= 4 is 5.97 Å². The SMILES string of the molecule is COc1ccc2cc1Oc1ccc(cc1)CC1c3cc(c(OC)cc3CCN1C)Oc1c(OC(=O)c3ccncc3)c(OC)cc3c1C(C2)N(C)CC3. The predicted molar refractivity (Wildman–Crippen MR) is 200 cm³/mol. The summed E-state index contributed by atoms with van der Waals surface area (Å²) in [5, 5.41) is 0. The zero-order valence-electron chi connectivity index (χ0n) is 30.7. The highest BCUT2D eigenvalue weighted by Crippen LogP contribution is 2.52. The molecule has 0 saturated carbocycles. The van der Waals surface area contributed by atoms with E-state index in [4.69, 9.17) is 28.4 Å². The van der Waals surface area contributed by atoms with E-state index in [0.717, 1.165) is 60.4 Å². The van der Waals surface area contributed by atoms with Crippen molar-refractivity contribution < 1.29 is 33.2 Å². The van der Waals surface area contributed by atoms with Crippen LogP contribution in [0.25, 0.3) is 0 Å². The molecular formula is C43H43N3O7. The van der Waals surface area contributed by atoms with Gasteiger partial charge in [0.2, 0.25) is 5.75 Å². The van der Waals surface area contributed by atoms with Gasteiger partial charge in [-0.3, -0.25) is 14.8 Å². The Morgan fingerprint density at radius 1 is 0.698 bits per heavy atom. The number of pyridine rings is 1. The molecule has 4 aliphatic heterocycles. The lowest BCUT2D eigenvalue weighted by molar-refractivity contribution is 0.0723. The number of carbonyl (C=O) groups excluding carboxylic acids is 1. The molecule has 4 aliphatic rings. The van der Waals surface area contributed by atoms with Gasteiger partial charge in [-0.25, -0.2) is 4.79 Å². The quantitative estimate of drug-likeness (QED) is 0.133. The van der Waals surface area contributed by atoms with Gasteiger partial charge in [0.05, 0.1) is 26.9 Å². The van der Waals surface area contributed by atoms with E-state index in [2.05, 4.69) is 59.2 Å². The van der Waals surface area contributed by atoms with E-state index in [9.17, 15) is 4.79 Å². The zero-order valence-corrected chi connectivity index (χ0v) is 30.7. The summed E-state index contributed by atoms with van der Waals surface area (Å²) in [6.45, 7) is 1.71. The maximum atomic E-state index is 13.7. The van der Waals surface area contributed by atoms with Crippen molar-refractivity contribution in [2.75, 3.05) is 48.5 Å². The van der Waals surface area contributed by atoms with Gasteiger partial charge in [0, 0.05) is 43.1 Å². The van der Waals surface area contributed by atoms with E-state index < -0.39 is 5.97 Å². The molecular weight excluding hydrogens is 670 g/mol. The molecule has 1 aromatic heterocycles. The molecule has 2 unspecified atom stereocenters. The second kappa shape index (κ2) is 14.4. The van der Waals surface area contributed by atoms with Crippen LogP contribution in [0.3, 0.4) is 0 Å². The third-order valence-electron chi connectivity index (χ3n) is 10.8. The van der Waals surface area contributed by atoms with Crippen molar-refractivity contribution in [3.8, 4) is 46.0 Å². The Hall–Kier alpha value is -5.58. The summed E-state index contributed by atoms with van der Waals surface area (Å²) in [6, 6.07) is 23.7. The Bertz CT molecular complexity index is 2150. The van der Waals surface area contributed by atoms with Gasteiger partial charge in [-0.05, 0) is 122 Å². The van der Waals surface area contributed by atoms with Crippen LogP contribution in [-0.2, 0) is 25.7 Å². The fourth-order valence-corrected chi connectivity index (χ4v) is 7.82. The van der Waals surface area contributed by atoms with E-state index >= 15 is 0 Å². The maximum absolute atomic E-state index is 13.7. The Labute approximate surface area is 309 Å². The molecule has 0 saturated heterocycles. The van der Waals surface area contributed by atoms with Crippen LogP contribution in [-0.4, -0.2) is 69.3 Å². The van der Waals surface area contributed by atoms with Gasteiger partial charge in [-0.1, -0.05) is 18.2 Å². The number of carbonyl (C=O) groups is 1. The molecule has 0 N–H and O–H groups in total. The fraction of sp³-hybridized carbons (Fsp3) is 0.302. The van der Waals surface area contributed by atoms with Crippen LogP contribution in [0, 0.1) is 0 Å². The van der Waals surface area contributed by atoms with E-state index in [1.54, 1.807) is 45.9 Å². The first-order chi connectivity index (χ1) is 25.8. The molecule has 5 aromatic rings. The third kappa shape index (κ3) is 6.64. The number of fused-ring (bicyclic) bond motifs is 2. The van der Waals surface area contributed by atoms with Crippen LogP contribution in [0.1, 0.15) is 55.8 Å². The summed E-state index contributed by atoms with van der Waals surface area (Å²) in [6.07, 6.45) is 6.14. The molecule has 6 bridgehead atoms. The van der Waals surface area contributed by atoms with Gasteiger partial charge in [0.25, 0.3) is 0 Å². The normalized spacial score (nSPS) is 18.1. The smallest absolute Gasteiger partial charge is 0.343 e. The van der Waals surface area contributed by atoms with Crippen LogP contribution in [0.5, 0.6) is 46.0 Å². The molecule has 0 fully saturated rings. The highest BCUT2D eigenvalue weighted by atomic mass is 16.6. The summed E-state index contributed by atoms with van der Waals surface area (Å²) in [4.78, 5) is 22.5. The van der Waals surface area contributed by atoms with Crippen molar-refractivity contribution in [1.29, 1.82) is 0 Å². The summed E-state index contributed by atoms with van der Waals surface area (Å²) in [7, 11) is 9.16. The van der Waals surface area contributed by atoms with Crippen molar-refractivity contribution in [3.63, 3.8) is 0 Å². The number of aromatic nitrogens is 1. The number of esters is 1. The number of rotatable bonds is 5. The van der Waals surface area contributed by atoms with Crippen LogP contribution < -0.4 is 28.4 Å². The van der Waals surface area contributed by atoms with E-state index in [1.807, 2.05) is 30.3 Å². The van der Waals surface area contributed by atoms with Crippen LogP contribution in [0.4, 0.5) is 0 Å². The average molecular weight is 714 g/mol. The molecule has 0 amide bonds. The molecule has 0 radical (unpaired) electrons. The van der Waals surface area contributed by atoms with Crippen molar-refractivity contribution in [1.82, 2.24) is 14.8 Å². The predicted octanol–water partition coefficient (Wildman–Crippen LogP) is 7.77. The molecule has 10 heteroatoms. The molecule has 10 nitrogen and oxygen atoms in total. The number of nitrogens with zero attached hydrogens (tertiary/aromatic N) is 3. The number of ether oxygens (including phenoxy) is 6. The Kier molecular flexibility index (Phi) is 9.40. The summed E-state index contributed by atoms with van der Waals surface area (Å²) >= 11 is 0. The lowest BCUT2D eigenvalue weighted by atomic mass is 9.87. The molecule has 5 heterocycles. The minimum absolute atomic E-state index is 0.0801. The van der Waals surface area contributed by atoms with Crippen LogP contribution >= 0.6 is 0 Å². The summed E-state index contributed by atoms with van der Waals surface area (Å²) < 4.78 is 37.6. The Morgan fingerprint density at radius 3 is 2.08 bits per heavy atom. The average Bonchev–Trinajstić information content (AvgIpc) is 3.18. The van der Waals surface area contributed by atoms with Gasteiger partial charge in [-0.2, -0.15) is 0 Å². The van der Waals surface area contributed by atoms with Gasteiger partial charge < -0.3 is 28.4 Å². The van der Waals surface area contributed by atoms with Crippen molar-refractivity contribution in [2.45, 2.75) is 37.8 Å². The lowest BCUT2D eigenvalue weighted by Crippen LogP contribution is -2.34. The van der Waals surface area contributed by atoms with Gasteiger partial charge in [-0.15, -0.1) is 0 Å². The maximum Gasteiger partial charge on any atom is 0.343 e. The Morgan fingerprint density at radius 2 is 1.34 bits per heavy atom. The van der Waals surface area contributed by atoms with Gasteiger partial charge in [0.15, 0.2) is 34.5 Å². The van der Waals surface area contributed by atoms with Crippen LogP contribution in [0.15, 0.2) is 85.2 Å². The molecule has 9 rings (SSSR count). The van der Waals surface area contributed by atoms with Gasteiger partial charge in [0.1, 0.15) is 5.75 Å². The third-order valence-corrected chi connectivity index (χ3v) is 10.8. The largest absolute Gasteiger partial charge is 0.493 e. The second-order valence-electron chi connectivity index (χ2n) is 13.9. The van der Waals surface area contributed by atoms with Crippen molar-refractivity contribution in [2.24, 2.45) is 0 Å². The highest BCUT2D eigenvalue weighted by Gasteiger charge is 2.35. The first kappa shape index (κ1) is 34.5. The monoisotopic (exact) mass is 713 g/mol. The summed E-state index contributed by atoms with van der Waals surface area (Å²) in [5.74, 6) is 3.62. The molecule has 4 aromatic carbocycles. The summed E-state index contributed by atoms with van der Waals surface area (Å²) in [5.41, 5.74) is 6.93. The van der Waals surface area contributed by atoms with Crippen molar-refractivity contribution in [3.05, 3.63) is 124 Å². The first-order valence-electron chi connectivity index (χ1n) is 17.9. The molecule has 53 heavy (non-hydrogen) atoms. The highest BCUT2D eigenvalue weighted by molar-refractivity contribution is 5.91. The number of likely N-dealkylation sites (N-methyl/N-ethyl adjacent to an activating group) is 2. The van der Waals surface area contributed by atoms with E-state index in [-0.39, 0.29) is 17.8 Å². The van der Waals surface area contributed by atoms with Crippen LogP contribution in [0.2, 0.25) is 0 Å². The second-order valence-corrected chi connectivity index (χ2v) is 13.9. The number of hydrogen-bond donors (Lipinski definition) is 0. The minimum atomic E-state index is -0.549. The minimum Gasteiger partial charge on any atom is -0.493 e. The zero-order chi connectivity index (χ0) is 36.6. The number of benzene rings is 4. The first-order valence-corrected chi connectivity index (χ1v) is 17.9. The van der Waals surface area contributed by atoms with E-state index in [0.29, 0.717) is 46.5 Å². The molecule has 0 aliphatic carbocycles.